The Balaban J connectivity index is 2.83. The number of hydrazine groups is 1. The summed E-state index contributed by atoms with van der Waals surface area (Å²) in [4.78, 5) is 11.8. The molecule has 0 aliphatic carbocycles. The Morgan fingerprint density at radius 2 is 2.00 bits per heavy atom. The van der Waals surface area contributed by atoms with Gasteiger partial charge in [-0.25, -0.2) is 5.01 Å². The lowest BCUT2D eigenvalue weighted by molar-refractivity contribution is -0.141. The van der Waals surface area contributed by atoms with Gasteiger partial charge in [0, 0.05) is 19.0 Å². The van der Waals surface area contributed by atoms with Crippen LogP contribution in [0.3, 0.4) is 0 Å². The molecule has 88 valence electrons. The fraction of sp³-hybridized carbons (Fsp3) is 0.909. The van der Waals surface area contributed by atoms with E-state index in [9.17, 15) is 9.90 Å². The zero-order valence-electron chi connectivity index (χ0n) is 10.3. The molecule has 1 N–H and O–H groups in total. The van der Waals surface area contributed by atoms with Gasteiger partial charge in [-0.15, -0.1) is 0 Å². The van der Waals surface area contributed by atoms with Crippen molar-refractivity contribution in [3.05, 3.63) is 0 Å². The second-order valence-corrected chi connectivity index (χ2v) is 5.04. The summed E-state index contributed by atoms with van der Waals surface area (Å²) in [5.41, 5.74) is -0.119. The molecule has 1 saturated heterocycles. The number of aliphatic hydroxyl groups excluding tert-OH is 1. The third-order valence-electron chi connectivity index (χ3n) is 3.58. The summed E-state index contributed by atoms with van der Waals surface area (Å²) < 4.78 is 0. The molecule has 1 heterocycles. The van der Waals surface area contributed by atoms with Crippen molar-refractivity contribution in [3.8, 4) is 0 Å². The minimum atomic E-state index is -0.481. The highest BCUT2D eigenvalue weighted by atomic mass is 16.3. The highest BCUT2D eigenvalue weighted by Crippen LogP contribution is 2.34. The SMILES string of the molecule is CC(O)CN1C(=O)CC(C)(C(C)C)N1C. The maximum Gasteiger partial charge on any atom is 0.238 e. The molecule has 1 fully saturated rings. The van der Waals surface area contributed by atoms with E-state index in [0.717, 1.165) is 0 Å². The van der Waals surface area contributed by atoms with Gasteiger partial charge in [-0.3, -0.25) is 9.80 Å². The predicted octanol–water partition coefficient (Wildman–Crippen LogP) is 0.861. The summed E-state index contributed by atoms with van der Waals surface area (Å²) in [6.45, 7) is 8.42. The second kappa shape index (κ2) is 4.10. The van der Waals surface area contributed by atoms with E-state index in [1.54, 1.807) is 11.9 Å². The number of hydrogen-bond acceptors (Lipinski definition) is 3. The molecule has 15 heavy (non-hydrogen) atoms. The Labute approximate surface area is 91.8 Å². The van der Waals surface area contributed by atoms with E-state index in [2.05, 4.69) is 20.8 Å². The number of nitrogens with zero attached hydrogens (tertiary/aromatic N) is 2. The monoisotopic (exact) mass is 214 g/mol. The van der Waals surface area contributed by atoms with Crippen molar-refractivity contribution >= 4 is 5.91 Å². The zero-order chi connectivity index (χ0) is 11.8. The van der Waals surface area contributed by atoms with Crippen molar-refractivity contribution in [3.63, 3.8) is 0 Å². The number of carbonyl (C=O) groups is 1. The number of aliphatic hydroxyl groups is 1. The average Bonchev–Trinajstić information content (AvgIpc) is 2.30. The summed E-state index contributed by atoms with van der Waals surface area (Å²) in [6, 6.07) is 0. The smallest absolute Gasteiger partial charge is 0.238 e. The van der Waals surface area contributed by atoms with E-state index in [4.69, 9.17) is 0 Å². The first kappa shape index (κ1) is 12.5. The van der Waals surface area contributed by atoms with Gasteiger partial charge in [0.05, 0.1) is 12.6 Å². The summed E-state index contributed by atoms with van der Waals surface area (Å²) in [7, 11) is 1.92. The summed E-state index contributed by atoms with van der Waals surface area (Å²) in [5, 5.41) is 13.0. The Morgan fingerprint density at radius 1 is 1.47 bits per heavy atom. The number of rotatable bonds is 3. The molecule has 1 amide bonds. The van der Waals surface area contributed by atoms with Crippen LogP contribution in [0.25, 0.3) is 0 Å². The molecule has 4 nitrogen and oxygen atoms in total. The third kappa shape index (κ3) is 2.16. The van der Waals surface area contributed by atoms with Crippen molar-refractivity contribution in [2.45, 2.75) is 45.8 Å². The van der Waals surface area contributed by atoms with Crippen LogP contribution in [0.2, 0.25) is 0 Å². The van der Waals surface area contributed by atoms with Gasteiger partial charge in [0.2, 0.25) is 5.91 Å². The lowest BCUT2D eigenvalue weighted by atomic mass is 9.86. The molecule has 2 atom stereocenters. The molecule has 0 spiro atoms. The summed E-state index contributed by atoms with van der Waals surface area (Å²) >= 11 is 0. The van der Waals surface area contributed by atoms with Crippen molar-refractivity contribution in [2.24, 2.45) is 5.92 Å². The Morgan fingerprint density at radius 3 is 2.33 bits per heavy atom. The number of carbonyl (C=O) groups excluding carboxylic acids is 1. The highest BCUT2D eigenvalue weighted by molar-refractivity contribution is 5.79. The molecule has 4 heteroatoms. The summed E-state index contributed by atoms with van der Waals surface area (Å²) in [6.07, 6.45) is 0.0550. The third-order valence-corrected chi connectivity index (χ3v) is 3.58. The topological polar surface area (TPSA) is 43.8 Å². The Bertz CT molecular complexity index is 253. The fourth-order valence-corrected chi connectivity index (χ4v) is 2.01. The number of amides is 1. The van der Waals surface area contributed by atoms with E-state index in [0.29, 0.717) is 18.9 Å². The van der Waals surface area contributed by atoms with E-state index >= 15 is 0 Å². The van der Waals surface area contributed by atoms with Gasteiger partial charge in [0.15, 0.2) is 0 Å². The van der Waals surface area contributed by atoms with Gasteiger partial charge in [0.1, 0.15) is 0 Å². The highest BCUT2D eigenvalue weighted by Gasteiger charge is 2.46. The van der Waals surface area contributed by atoms with Crippen molar-refractivity contribution in [2.75, 3.05) is 13.6 Å². The molecule has 0 aromatic carbocycles. The molecule has 2 unspecified atom stereocenters. The van der Waals surface area contributed by atoms with E-state index in [1.165, 1.54) is 0 Å². The normalized spacial score (nSPS) is 30.3. The van der Waals surface area contributed by atoms with E-state index in [1.807, 2.05) is 12.1 Å². The van der Waals surface area contributed by atoms with Gasteiger partial charge < -0.3 is 5.11 Å². The minimum absolute atomic E-state index is 0.106. The largest absolute Gasteiger partial charge is 0.392 e. The maximum atomic E-state index is 11.8. The lowest BCUT2D eigenvalue weighted by Gasteiger charge is -2.38. The van der Waals surface area contributed by atoms with E-state index < -0.39 is 6.10 Å². The maximum absolute atomic E-state index is 11.8. The van der Waals surface area contributed by atoms with Crippen molar-refractivity contribution < 1.29 is 9.90 Å². The second-order valence-electron chi connectivity index (χ2n) is 5.04. The molecule has 0 saturated carbocycles. The molecule has 0 aromatic heterocycles. The van der Waals surface area contributed by atoms with Crippen LogP contribution in [0.5, 0.6) is 0 Å². The van der Waals surface area contributed by atoms with Gasteiger partial charge >= 0.3 is 0 Å². The standard InChI is InChI=1S/C11H22N2O2/c1-8(2)11(4)6-10(15)13(12(11)5)7-9(3)14/h8-9,14H,6-7H2,1-5H3. The molecule has 0 radical (unpaired) electrons. The molecule has 1 rings (SSSR count). The van der Waals surface area contributed by atoms with Crippen molar-refractivity contribution in [1.29, 1.82) is 0 Å². The van der Waals surface area contributed by atoms with Crippen molar-refractivity contribution in [1.82, 2.24) is 10.0 Å². The minimum Gasteiger partial charge on any atom is -0.392 e. The molecule has 1 aliphatic rings. The van der Waals surface area contributed by atoms with Crippen LogP contribution in [0.1, 0.15) is 34.1 Å². The van der Waals surface area contributed by atoms with Crippen LogP contribution in [0.4, 0.5) is 0 Å². The molecule has 0 bridgehead atoms. The fourth-order valence-electron chi connectivity index (χ4n) is 2.01. The van der Waals surface area contributed by atoms with Gasteiger partial charge in [-0.05, 0) is 19.8 Å². The van der Waals surface area contributed by atoms with E-state index in [-0.39, 0.29) is 11.4 Å². The average molecular weight is 214 g/mol. The van der Waals surface area contributed by atoms with Gasteiger partial charge in [0.25, 0.3) is 0 Å². The van der Waals surface area contributed by atoms with Crippen LogP contribution < -0.4 is 0 Å². The van der Waals surface area contributed by atoms with Crippen LogP contribution in [-0.4, -0.2) is 46.3 Å². The molecule has 0 aromatic rings. The number of hydrogen-bond donors (Lipinski definition) is 1. The van der Waals surface area contributed by atoms with Gasteiger partial charge in [-0.2, -0.15) is 0 Å². The first-order valence-electron chi connectivity index (χ1n) is 5.51. The molecular formula is C11H22N2O2. The lowest BCUT2D eigenvalue weighted by Crippen LogP contribution is -2.50. The Hall–Kier alpha value is -0.610. The molecular weight excluding hydrogens is 192 g/mol. The van der Waals surface area contributed by atoms with Gasteiger partial charge in [-0.1, -0.05) is 13.8 Å². The predicted molar refractivity (Wildman–Crippen MR) is 59.0 cm³/mol. The van der Waals surface area contributed by atoms with Crippen LogP contribution >= 0.6 is 0 Å². The number of β-amino-alcohol motifs (C(OH)–C–C–N with tert-alkyl or cyclic N) is 1. The van der Waals surface area contributed by atoms with Crippen LogP contribution in [-0.2, 0) is 4.79 Å². The first-order chi connectivity index (χ1) is 6.79. The quantitative estimate of drug-likeness (QED) is 0.758. The van der Waals surface area contributed by atoms with Crippen LogP contribution in [0, 0.1) is 5.92 Å². The van der Waals surface area contributed by atoms with Crippen LogP contribution in [0.15, 0.2) is 0 Å². The Kier molecular flexibility index (Phi) is 3.41. The zero-order valence-corrected chi connectivity index (χ0v) is 10.3. The first-order valence-corrected chi connectivity index (χ1v) is 5.51. The summed E-state index contributed by atoms with van der Waals surface area (Å²) in [5.74, 6) is 0.514. The molecule has 1 aliphatic heterocycles.